The van der Waals surface area contributed by atoms with Crippen LogP contribution < -0.4 is 10.2 Å². The van der Waals surface area contributed by atoms with E-state index in [4.69, 9.17) is 4.74 Å². The lowest BCUT2D eigenvalue weighted by atomic mass is 9.96. The van der Waals surface area contributed by atoms with Crippen LogP contribution in [0, 0.1) is 5.92 Å². The predicted octanol–water partition coefficient (Wildman–Crippen LogP) is 2.47. The van der Waals surface area contributed by atoms with Crippen LogP contribution in [0.1, 0.15) is 30.1 Å². The van der Waals surface area contributed by atoms with Gasteiger partial charge in [-0.1, -0.05) is 42.5 Å². The summed E-state index contributed by atoms with van der Waals surface area (Å²) < 4.78 is 29.3. The van der Waals surface area contributed by atoms with Gasteiger partial charge in [0, 0.05) is 12.0 Å². The average Bonchev–Trinajstić information content (AvgIpc) is 3.06. The van der Waals surface area contributed by atoms with Gasteiger partial charge in [-0.15, -0.1) is 0 Å². The molecule has 27 heavy (non-hydrogen) atoms. The van der Waals surface area contributed by atoms with Gasteiger partial charge in [-0.25, -0.2) is 13.8 Å². The fourth-order valence-electron chi connectivity index (χ4n) is 3.46. The Kier molecular flexibility index (Phi) is 4.70. The normalized spacial score (nSPS) is 24.8. The molecule has 0 aliphatic carbocycles. The Hall–Kier alpha value is -2.67. The minimum atomic E-state index is -3.11. The van der Waals surface area contributed by atoms with E-state index in [1.807, 2.05) is 54.6 Å². The molecule has 2 atom stereocenters. The molecule has 7 heteroatoms. The second-order valence-corrected chi connectivity index (χ2v) is 9.08. The van der Waals surface area contributed by atoms with Crippen LogP contribution in [0.3, 0.4) is 0 Å². The Labute approximate surface area is 158 Å². The molecule has 6 nitrogen and oxygen atoms in total. The number of sulfone groups is 1. The Bertz CT molecular complexity index is 986. The van der Waals surface area contributed by atoms with Crippen LogP contribution in [0.15, 0.2) is 59.7 Å². The number of nitrogens with zero attached hydrogens (tertiary/aromatic N) is 1. The van der Waals surface area contributed by atoms with Crippen molar-refractivity contribution in [3.63, 3.8) is 0 Å². The van der Waals surface area contributed by atoms with Crippen LogP contribution >= 0.6 is 0 Å². The zero-order chi connectivity index (χ0) is 18.9. The van der Waals surface area contributed by atoms with Crippen LogP contribution in [-0.4, -0.2) is 31.5 Å². The van der Waals surface area contributed by atoms with Gasteiger partial charge in [-0.05, 0) is 24.1 Å². The third-order valence-corrected chi connectivity index (χ3v) is 6.69. The Balaban J connectivity index is 1.57. The molecule has 1 N–H and O–H groups in total. The molecule has 2 heterocycles. The fraction of sp³-hybridized carbons (Fsp3) is 0.300. The quantitative estimate of drug-likeness (QED) is 0.824. The summed E-state index contributed by atoms with van der Waals surface area (Å²) in [7, 11) is -3.11. The molecule has 2 aromatic carbocycles. The summed E-state index contributed by atoms with van der Waals surface area (Å²) in [5.74, 6) is -0.193. The van der Waals surface area contributed by atoms with Crippen molar-refractivity contribution in [1.82, 2.24) is 5.43 Å². The first-order valence-corrected chi connectivity index (χ1v) is 10.7. The second kappa shape index (κ2) is 7.15. The van der Waals surface area contributed by atoms with Crippen molar-refractivity contribution in [2.24, 2.45) is 11.0 Å². The maximum Gasteiger partial charge on any atom is 0.244 e. The number of ether oxygens (including phenoxy) is 1. The number of benzene rings is 2. The summed E-state index contributed by atoms with van der Waals surface area (Å²) in [5.41, 5.74) is 5.17. The molecule has 0 saturated carbocycles. The fourth-order valence-corrected chi connectivity index (χ4v) is 5.20. The van der Waals surface area contributed by atoms with Gasteiger partial charge < -0.3 is 4.74 Å². The van der Waals surface area contributed by atoms with E-state index in [0.717, 1.165) is 16.8 Å². The van der Waals surface area contributed by atoms with Gasteiger partial charge in [0.25, 0.3) is 0 Å². The second-order valence-electron chi connectivity index (χ2n) is 6.85. The van der Waals surface area contributed by atoms with E-state index < -0.39 is 15.8 Å². The number of amides is 1. The third kappa shape index (κ3) is 3.88. The summed E-state index contributed by atoms with van der Waals surface area (Å²) in [6.45, 7) is 0. The molecule has 0 bridgehead atoms. The third-order valence-electron chi connectivity index (χ3n) is 4.92. The molecule has 0 unspecified atom stereocenters. The molecule has 2 aromatic rings. The number of carbonyl (C=O) groups excluding carboxylic acids is 1. The van der Waals surface area contributed by atoms with E-state index >= 15 is 0 Å². The molecule has 0 aromatic heterocycles. The molecule has 1 fully saturated rings. The van der Waals surface area contributed by atoms with Crippen molar-refractivity contribution in [2.75, 3.05) is 11.5 Å². The van der Waals surface area contributed by atoms with E-state index in [2.05, 4.69) is 10.5 Å². The van der Waals surface area contributed by atoms with Gasteiger partial charge in [0.05, 0.1) is 23.1 Å². The molecule has 1 saturated heterocycles. The molecule has 2 aliphatic heterocycles. The highest BCUT2D eigenvalue weighted by Gasteiger charge is 2.33. The van der Waals surface area contributed by atoms with Crippen LogP contribution in [0.5, 0.6) is 5.75 Å². The zero-order valence-electron chi connectivity index (χ0n) is 14.7. The molecule has 0 spiro atoms. The molecular weight excluding hydrogens is 364 g/mol. The molecule has 1 amide bonds. The minimum absolute atomic E-state index is 0.0639. The monoisotopic (exact) mass is 384 g/mol. The molecule has 140 valence electrons. The maximum absolute atomic E-state index is 12.3. The highest BCUT2D eigenvalue weighted by molar-refractivity contribution is 7.91. The number of fused-ring (bicyclic) bond motifs is 1. The van der Waals surface area contributed by atoms with E-state index in [9.17, 15) is 13.2 Å². The van der Waals surface area contributed by atoms with E-state index in [-0.39, 0.29) is 23.5 Å². The van der Waals surface area contributed by atoms with Gasteiger partial charge in [0.2, 0.25) is 5.91 Å². The van der Waals surface area contributed by atoms with Crippen molar-refractivity contribution in [1.29, 1.82) is 0 Å². The number of hydrogen-bond donors (Lipinski definition) is 1. The summed E-state index contributed by atoms with van der Waals surface area (Å²) in [5, 5.41) is 4.33. The first-order valence-electron chi connectivity index (χ1n) is 8.90. The van der Waals surface area contributed by atoms with Crippen LogP contribution in [0.4, 0.5) is 0 Å². The lowest BCUT2D eigenvalue weighted by molar-refractivity contribution is -0.124. The van der Waals surface area contributed by atoms with Crippen molar-refractivity contribution < 1.29 is 17.9 Å². The summed E-state index contributed by atoms with van der Waals surface area (Å²) in [6.07, 6.45) is 0.680. The zero-order valence-corrected chi connectivity index (χ0v) is 15.5. The molecule has 0 radical (unpaired) electrons. The number of carbonyl (C=O) groups is 1. The number of hydrazone groups is 1. The Morgan fingerprint density at radius 1 is 1.07 bits per heavy atom. The lowest BCUT2D eigenvalue weighted by Gasteiger charge is -2.27. The first-order chi connectivity index (χ1) is 13.0. The van der Waals surface area contributed by atoms with Gasteiger partial charge in [-0.3, -0.25) is 4.79 Å². The van der Waals surface area contributed by atoms with E-state index in [1.165, 1.54) is 0 Å². The SMILES string of the molecule is O=C(NN=C1C[C@H](c2ccccc2)Oc2ccccc21)[C@H]1CCS(=O)(=O)C1. The predicted molar refractivity (Wildman–Crippen MR) is 102 cm³/mol. The lowest BCUT2D eigenvalue weighted by Crippen LogP contribution is -2.30. The van der Waals surface area contributed by atoms with Gasteiger partial charge in [0.1, 0.15) is 11.9 Å². The summed E-state index contributed by atoms with van der Waals surface area (Å²) in [6, 6.07) is 17.4. The number of hydrogen-bond acceptors (Lipinski definition) is 5. The number of nitrogens with one attached hydrogen (secondary N) is 1. The average molecular weight is 384 g/mol. The van der Waals surface area contributed by atoms with Gasteiger partial charge in [0.15, 0.2) is 9.84 Å². The summed E-state index contributed by atoms with van der Waals surface area (Å²) >= 11 is 0. The van der Waals surface area contributed by atoms with Crippen LogP contribution in [-0.2, 0) is 14.6 Å². The van der Waals surface area contributed by atoms with Crippen molar-refractivity contribution in [3.05, 3.63) is 65.7 Å². The molecule has 4 rings (SSSR count). The van der Waals surface area contributed by atoms with Crippen molar-refractivity contribution in [3.8, 4) is 5.75 Å². The topological polar surface area (TPSA) is 84.8 Å². The standard InChI is InChI=1S/C20H20N2O4S/c23-20(15-10-11-27(24,25)13-15)22-21-17-12-19(14-6-2-1-3-7-14)26-18-9-5-4-8-16(17)18/h1-9,15,19H,10-13H2,(H,22,23)/t15-,19+/m0/s1. The smallest absolute Gasteiger partial charge is 0.244 e. The van der Waals surface area contributed by atoms with E-state index in [0.29, 0.717) is 18.6 Å². The largest absolute Gasteiger partial charge is 0.485 e. The molecule has 2 aliphatic rings. The number of rotatable bonds is 3. The number of para-hydroxylation sites is 1. The highest BCUT2D eigenvalue weighted by Crippen LogP contribution is 2.35. The Morgan fingerprint density at radius 3 is 2.56 bits per heavy atom. The summed E-state index contributed by atoms with van der Waals surface area (Å²) in [4.78, 5) is 12.3. The van der Waals surface area contributed by atoms with Crippen LogP contribution in [0.2, 0.25) is 0 Å². The first kappa shape index (κ1) is 17.7. The Morgan fingerprint density at radius 2 is 1.81 bits per heavy atom. The van der Waals surface area contributed by atoms with Crippen molar-refractivity contribution >= 4 is 21.5 Å². The maximum atomic E-state index is 12.3. The van der Waals surface area contributed by atoms with Crippen LogP contribution in [0.25, 0.3) is 0 Å². The van der Waals surface area contributed by atoms with E-state index in [1.54, 1.807) is 0 Å². The highest BCUT2D eigenvalue weighted by atomic mass is 32.2. The van der Waals surface area contributed by atoms with Gasteiger partial charge in [-0.2, -0.15) is 5.10 Å². The van der Waals surface area contributed by atoms with Crippen molar-refractivity contribution in [2.45, 2.75) is 18.9 Å². The minimum Gasteiger partial charge on any atom is -0.485 e. The molecular formula is C20H20N2O4S. The van der Waals surface area contributed by atoms with Gasteiger partial charge >= 0.3 is 0 Å².